The first-order valence-electron chi connectivity index (χ1n) is 4.21. The van der Waals surface area contributed by atoms with Gasteiger partial charge in [0.2, 0.25) is 0 Å². The normalized spacial score (nSPS) is 8.20. The Bertz CT molecular complexity index is 243. The van der Waals surface area contributed by atoms with Gasteiger partial charge in [-0.25, -0.2) is 9.59 Å². The highest BCUT2D eigenvalue weighted by molar-refractivity contribution is 5.87. The Morgan fingerprint density at radius 1 is 1.33 bits per heavy atom. The van der Waals surface area contributed by atoms with E-state index in [0.717, 1.165) is 0 Å². The largest absolute Gasteiger partial charge is 0.478 e. The number of carboxylic acids is 1. The Morgan fingerprint density at radius 3 is 1.93 bits per heavy atom. The molecule has 0 heterocycles. The number of carboxylic acid groups (broad SMARTS) is 1. The molecule has 0 aliphatic heterocycles. The number of esters is 1. The van der Waals surface area contributed by atoms with Crippen molar-refractivity contribution in [3.05, 3.63) is 24.3 Å². The minimum absolute atomic E-state index is 0.0943. The van der Waals surface area contributed by atoms with Crippen LogP contribution in [0.2, 0.25) is 0 Å². The average Bonchev–Trinajstić information content (AvgIpc) is 2.17. The molecule has 0 fully saturated rings. The molecule has 2 N–H and O–H groups in total. The van der Waals surface area contributed by atoms with E-state index in [-0.39, 0.29) is 17.8 Å². The van der Waals surface area contributed by atoms with E-state index in [1.54, 1.807) is 6.92 Å². The molecule has 0 spiro atoms. The van der Waals surface area contributed by atoms with Crippen LogP contribution in [0.25, 0.3) is 0 Å². The van der Waals surface area contributed by atoms with Gasteiger partial charge in [-0.1, -0.05) is 13.2 Å². The molecule has 0 aromatic heterocycles. The highest BCUT2D eigenvalue weighted by atomic mass is 16.5. The van der Waals surface area contributed by atoms with E-state index in [9.17, 15) is 9.59 Å². The van der Waals surface area contributed by atoms with Crippen molar-refractivity contribution in [3.63, 3.8) is 0 Å². The van der Waals surface area contributed by atoms with Gasteiger partial charge in [-0.15, -0.1) is 0 Å². The molecule has 0 saturated heterocycles. The summed E-state index contributed by atoms with van der Waals surface area (Å²) in [6.45, 7) is 9.55. The summed E-state index contributed by atoms with van der Waals surface area (Å²) in [7, 11) is 0. The fourth-order valence-corrected chi connectivity index (χ4v) is 0.298. The van der Waals surface area contributed by atoms with Crippen molar-refractivity contribution in [2.24, 2.45) is 0 Å². The number of rotatable bonds is 4. The molecule has 0 atom stereocenters. The second kappa shape index (κ2) is 8.96. The van der Waals surface area contributed by atoms with Crippen molar-refractivity contribution < 1.29 is 24.5 Å². The molecule has 5 heteroatoms. The fourth-order valence-electron chi connectivity index (χ4n) is 0.298. The van der Waals surface area contributed by atoms with Crippen LogP contribution in [0.1, 0.15) is 13.8 Å². The number of aliphatic hydroxyl groups excluding tert-OH is 1. The van der Waals surface area contributed by atoms with Crippen LogP contribution in [0, 0.1) is 0 Å². The van der Waals surface area contributed by atoms with Crippen LogP contribution in [0.4, 0.5) is 0 Å². The zero-order valence-electron chi connectivity index (χ0n) is 8.95. The Balaban J connectivity index is 0. The Labute approximate surface area is 88.7 Å². The van der Waals surface area contributed by atoms with Crippen molar-refractivity contribution in [1.29, 1.82) is 0 Å². The lowest BCUT2D eigenvalue weighted by Crippen LogP contribution is -2.08. The van der Waals surface area contributed by atoms with E-state index in [1.165, 1.54) is 6.92 Å². The van der Waals surface area contributed by atoms with Gasteiger partial charge in [0.15, 0.2) is 0 Å². The van der Waals surface area contributed by atoms with Crippen LogP contribution in [-0.2, 0) is 14.3 Å². The third kappa shape index (κ3) is 10.3. The first kappa shape index (κ1) is 15.8. The number of aliphatic carboxylic acids is 1. The second-order valence-corrected chi connectivity index (χ2v) is 2.57. The van der Waals surface area contributed by atoms with Crippen LogP contribution in [-0.4, -0.2) is 35.4 Å². The van der Waals surface area contributed by atoms with E-state index in [0.29, 0.717) is 6.61 Å². The van der Waals surface area contributed by atoms with Crippen molar-refractivity contribution in [3.8, 4) is 0 Å². The van der Waals surface area contributed by atoms with Crippen molar-refractivity contribution >= 4 is 11.9 Å². The van der Waals surface area contributed by atoms with Gasteiger partial charge in [0.05, 0.1) is 18.8 Å². The highest BCUT2D eigenvalue weighted by Crippen LogP contribution is 1.90. The lowest BCUT2D eigenvalue weighted by Gasteiger charge is -1.99. The maximum atomic E-state index is 10.5. The fraction of sp³-hybridized carbons (Fsp3) is 0.400. The van der Waals surface area contributed by atoms with E-state index in [4.69, 9.17) is 10.2 Å². The smallest absolute Gasteiger partial charge is 0.335 e. The summed E-state index contributed by atoms with van der Waals surface area (Å²) in [4.78, 5) is 20.1. The number of ether oxygens (including phenoxy) is 1. The Kier molecular flexibility index (Phi) is 9.45. The predicted octanol–water partition coefficient (Wildman–Crippen LogP) is 0.745. The molecule has 5 nitrogen and oxygen atoms in total. The van der Waals surface area contributed by atoms with Crippen molar-refractivity contribution in [1.82, 2.24) is 0 Å². The van der Waals surface area contributed by atoms with E-state index >= 15 is 0 Å². The minimum atomic E-state index is -0.935. The molecule has 0 rings (SSSR count). The van der Waals surface area contributed by atoms with Gasteiger partial charge in [0.1, 0.15) is 0 Å². The van der Waals surface area contributed by atoms with Crippen LogP contribution in [0.15, 0.2) is 24.3 Å². The molecular formula is C10H16O5. The van der Waals surface area contributed by atoms with Crippen LogP contribution >= 0.6 is 0 Å². The summed E-state index contributed by atoms with van der Waals surface area (Å²) >= 11 is 0. The third-order valence-corrected chi connectivity index (χ3v) is 1.12. The first-order valence-corrected chi connectivity index (χ1v) is 4.21. The van der Waals surface area contributed by atoms with Crippen LogP contribution in [0.3, 0.4) is 0 Å². The minimum Gasteiger partial charge on any atom is -0.478 e. The third-order valence-electron chi connectivity index (χ3n) is 1.12. The number of hydrogen-bond acceptors (Lipinski definition) is 4. The zero-order valence-corrected chi connectivity index (χ0v) is 8.95. The van der Waals surface area contributed by atoms with Gasteiger partial charge in [-0.3, -0.25) is 0 Å². The molecule has 0 unspecified atom stereocenters. The van der Waals surface area contributed by atoms with Gasteiger partial charge >= 0.3 is 11.9 Å². The molecule has 0 saturated carbocycles. The summed E-state index contributed by atoms with van der Waals surface area (Å²) in [5, 5.41) is 16.2. The second-order valence-electron chi connectivity index (χ2n) is 2.57. The molecule has 0 aliphatic carbocycles. The molecule has 0 aromatic rings. The first-order chi connectivity index (χ1) is 6.86. The summed E-state index contributed by atoms with van der Waals surface area (Å²) in [6.07, 6.45) is 0. The van der Waals surface area contributed by atoms with E-state index < -0.39 is 11.9 Å². The van der Waals surface area contributed by atoms with Gasteiger partial charge in [0.25, 0.3) is 0 Å². The number of carbonyl (C=O) groups is 2. The molecule has 0 amide bonds. The van der Waals surface area contributed by atoms with Crippen LogP contribution in [0.5, 0.6) is 0 Å². The Morgan fingerprint density at radius 2 is 1.73 bits per heavy atom. The summed E-state index contributed by atoms with van der Waals surface area (Å²) in [6, 6.07) is 0. The maximum Gasteiger partial charge on any atom is 0.335 e. The molecule has 0 aliphatic rings. The summed E-state index contributed by atoms with van der Waals surface area (Å²) in [5.74, 6) is -1.46. The van der Waals surface area contributed by atoms with Crippen molar-refractivity contribution in [2.75, 3.05) is 13.2 Å². The van der Waals surface area contributed by atoms with Gasteiger partial charge in [-0.2, -0.15) is 0 Å². The number of aliphatic hydroxyl groups is 1. The Hall–Kier alpha value is -1.62. The summed E-state index contributed by atoms with van der Waals surface area (Å²) in [5.41, 5.74) is 0.270. The lowest BCUT2D eigenvalue weighted by atomic mass is 10.3. The number of carbonyl (C=O) groups excluding carboxylic acids is 1. The monoisotopic (exact) mass is 216 g/mol. The highest BCUT2D eigenvalue weighted by Gasteiger charge is 2.03. The molecule has 86 valence electrons. The average molecular weight is 216 g/mol. The SMILES string of the molecule is C=C(C)C(=O)O.C=C(CO)C(=O)OCC. The number of hydrogen-bond donors (Lipinski definition) is 2. The molecular weight excluding hydrogens is 200 g/mol. The van der Waals surface area contributed by atoms with Gasteiger partial charge < -0.3 is 14.9 Å². The lowest BCUT2D eigenvalue weighted by molar-refractivity contribution is -0.139. The standard InChI is InChI=1S/C6H10O3.C4H6O2/c1-3-9-6(8)5(2)4-7;1-3(2)4(5)6/h7H,2-4H2,1H3;1H2,2H3,(H,5,6). The predicted molar refractivity (Wildman–Crippen MR) is 55.3 cm³/mol. The van der Waals surface area contributed by atoms with Crippen molar-refractivity contribution in [2.45, 2.75) is 13.8 Å². The maximum absolute atomic E-state index is 10.5. The molecule has 0 bridgehead atoms. The van der Waals surface area contributed by atoms with Crippen LogP contribution < -0.4 is 0 Å². The van der Waals surface area contributed by atoms with Gasteiger partial charge in [-0.05, 0) is 13.8 Å². The quantitative estimate of drug-likeness (QED) is 0.535. The topological polar surface area (TPSA) is 83.8 Å². The van der Waals surface area contributed by atoms with E-state index in [2.05, 4.69) is 17.9 Å². The summed E-state index contributed by atoms with van der Waals surface area (Å²) < 4.78 is 4.50. The molecule has 0 radical (unpaired) electrons. The van der Waals surface area contributed by atoms with Gasteiger partial charge in [0, 0.05) is 5.57 Å². The molecule has 15 heavy (non-hydrogen) atoms. The zero-order chi connectivity index (χ0) is 12.4. The molecule has 0 aromatic carbocycles. The van der Waals surface area contributed by atoms with E-state index in [1.807, 2.05) is 0 Å².